The van der Waals surface area contributed by atoms with E-state index >= 15 is 0 Å². The third-order valence-corrected chi connectivity index (χ3v) is 6.38. The first kappa shape index (κ1) is 23.1. The molecule has 0 bridgehead atoms. The van der Waals surface area contributed by atoms with Gasteiger partial charge in [-0.1, -0.05) is 44.2 Å². The van der Waals surface area contributed by atoms with E-state index in [4.69, 9.17) is 4.74 Å². The summed E-state index contributed by atoms with van der Waals surface area (Å²) in [5.74, 6) is -0.621. The fourth-order valence-corrected chi connectivity index (χ4v) is 4.00. The van der Waals surface area contributed by atoms with Gasteiger partial charge in [0.15, 0.2) is 0 Å². The summed E-state index contributed by atoms with van der Waals surface area (Å²) in [7, 11) is 0. The molecule has 4 nitrogen and oxygen atoms in total. The molecule has 29 heavy (non-hydrogen) atoms. The van der Waals surface area contributed by atoms with Crippen molar-refractivity contribution in [2.24, 2.45) is 0 Å². The first-order valence-corrected chi connectivity index (χ1v) is 10.4. The van der Waals surface area contributed by atoms with Gasteiger partial charge >= 0.3 is 5.97 Å². The lowest BCUT2D eigenvalue weighted by Crippen LogP contribution is -2.41. The van der Waals surface area contributed by atoms with Crippen LogP contribution >= 0.6 is 0 Å². The third kappa shape index (κ3) is 4.39. The van der Waals surface area contributed by atoms with Crippen molar-refractivity contribution in [3.05, 3.63) is 69.3 Å². The molecule has 0 aliphatic rings. The summed E-state index contributed by atoms with van der Waals surface area (Å²) in [6, 6.07) is 9.12. The van der Waals surface area contributed by atoms with E-state index in [0.29, 0.717) is 17.7 Å². The van der Waals surface area contributed by atoms with E-state index in [1.54, 1.807) is 12.1 Å². The van der Waals surface area contributed by atoms with E-state index in [1.807, 2.05) is 45.9 Å². The van der Waals surface area contributed by atoms with Crippen LogP contribution in [0.25, 0.3) is 0 Å². The fourth-order valence-electron chi connectivity index (χ4n) is 4.00. The average Bonchev–Trinajstić information content (AvgIpc) is 2.74. The Hall–Kier alpha value is -2.17. The molecule has 0 unspecified atom stereocenters. The van der Waals surface area contributed by atoms with Gasteiger partial charge < -0.3 is 14.7 Å². The van der Waals surface area contributed by atoms with Crippen LogP contribution in [0.1, 0.15) is 52.8 Å². The second-order valence-corrected chi connectivity index (χ2v) is 7.74. The Bertz CT molecular complexity index is 827. The molecule has 0 radical (unpaired) electrons. The second kappa shape index (κ2) is 9.55. The molecule has 1 atom stereocenters. The Labute approximate surface area is 175 Å². The van der Waals surface area contributed by atoms with E-state index in [0.717, 1.165) is 35.3 Å². The van der Waals surface area contributed by atoms with E-state index in [-0.39, 0.29) is 6.61 Å². The number of hydrogen-bond donors (Lipinski definition) is 1. The van der Waals surface area contributed by atoms with Crippen molar-refractivity contribution in [1.82, 2.24) is 4.90 Å². The number of benzene rings is 2. The molecule has 0 aliphatic carbocycles. The predicted molar refractivity (Wildman–Crippen MR) is 118 cm³/mol. The maximum atomic E-state index is 13.3. The fraction of sp³-hybridized carbons (Fsp3) is 0.480. The van der Waals surface area contributed by atoms with E-state index in [9.17, 15) is 9.90 Å². The molecule has 0 aliphatic heterocycles. The molecule has 0 fully saturated rings. The molecule has 2 rings (SSSR count). The molecule has 0 amide bonds. The van der Waals surface area contributed by atoms with Crippen molar-refractivity contribution < 1.29 is 14.6 Å². The number of hydrogen-bond acceptors (Lipinski definition) is 4. The van der Waals surface area contributed by atoms with E-state index in [1.165, 1.54) is 5.56 Å². The largest absolute Gasteiger partial charge is 0.462 e. The van der Waals surface area contributed by atoms with E-state index in [2.05, 4.69) is 25.7 Å². The van der Waals surface area contributed by atoms with Gasteiger partial charge in [0.05, 0.1) is 0 Å². The zero-order chi connectivity index (χ0) is 21.8. The zero-order valence-corrected chi connectivity index (χ0v) is 18.9. The summed E-state index contributed by atoms with van der Waals surface area (Å²) in [5, 5.41) is 11.9. The number of rotatable bonds is 8. The lowest BCUT2D eigenvalue weighted by Gasteiger charge is -2.32. The normalized spacial score (nSPS) is 13.4. The number of likely N-dealkylation sites (N-methyl/N-ethyl adjacent to an activating group) is 1. The summed E-state index contributed by atoms with van der Waals surface area (Å²) >= 11 is 0. The lowest BCUT2D eigenvalue weighted by molar-refractivity contribution is -0.162. The Morgan fingerprint density at radius 1 is 0.897 bits per heavy atom. The van der Waals surface area contributed by atoms with Crippen molar-refractivity contribution in [2.75, 3.05) is 26.2 Å². The number of nitrogens with zero attached hydrogens (tertiary/aromatic N) is 1. The van der Waals surface area contributed by atoms with Gasteiger partial charge in [-0.05, 0) is 81.1 Å². The minimum absolute atomic E-state index is 0.248. The molecule has 2 aromatic rings. The van der Waals surface area contributed by atoms with Crippen LogP contribution in [0, 0.1) is 34.6 Å². The number of esters is 1. The molecule has 0 heterocycles. The summed E-state index contributed by atoms with van der Waals surface area (Å²) < 4.78 is 5.64. The van der Waals surface area contributed by atoms with Crippen LogP contribution in [0.5, 0.6) is 0 Å². The summed E-state index contributed by atoms with van der Waals surface area (Å²) in [6.45, 7) is 16.9. The molecular formula is C25H35NO3. The Morgan fingerprint density at radius 3 is 1.86 bits per heavy atom. The highest BCUT2D eigenvalue weighted by Gasteiger charge is 2.44. The summed E-state index contributed by atoms with van der Waals surface area (Å²) in [4.78, 5) is 15.5. The topological polar surface area (TPSA) is 49.8 Å². The molecule has 0 saturated heterocycles. The van der Waals surface area contributed by atoms with Gasteiger partial charge in [-0.15, -0.1) is 0 Å². The lowest BCUT2D eigenvalue weighted by atomic mass is 9.77. The summed E-state index contributed by atoms with van der Waals surface area (Å²) in [6.07, 6.45) is 0. The molecule has 0 spiro atoms. The number of ether oxygens (including phenoxy) is 1. The highest BCUT2D eigenvalue weighted by Crippen LogP contribution is 2.39. The van der Waals surface area contributed by atoms with Crippen LogP contribution < -0.4 is 0 Å². The van der Waals surface area contributed by atoms with Crippen LogP contribution in [0.15, 0.2) is 30.3 Å². The second-order valence-electron chi connectivity index (χ2n) is 7.74. The maximum Gasteiger partial charge on any atom is 0.347 e. The average molecular weight is 398 g/mol. The molecular weight excluding hydrogens is 362 g/mol. The molecule has 2 aromatic carbocycles. The van der Waals surface area contributed by atoms with Crippen LogP contribution in [-0.4, -0.2) is 42.2 Å². The maximum absolute atomic E-state index is 13.3. The minimum atomic E-state index is -1.85. The van der Waals surface area contributed by atoms with Crippen molar-refractivity contribution in [3.63, 3.8) is 0 Å². The molecule has 0 aromatic heterocycles. The van der Waals surface area contributed by atoms with Crippen LogP contribution in [0.4, 0.5) is 0 Å². The predicted octanol–water partition coefficient (Wildman–Crippen LogP) is 4.35. The van der Waals surface area contributed by atoms with Crippen molar-refractivity contribution in [2.45, 2.75) is 54.1 Å². The van der Waals surface area contributed by atoms with Gasteiger partial charge in [-0.25, -0.2) is 4.79 Å². The molecule has 1 N–H and O–H groups in total. The molecule has 0 saturated carbocycles. The monoisotopic (exact) mass is 397 g/mol. The zero-order valence-electron chi connectivity index (χ0n) is 18.9. The van der Waals surface area contributed by atoms with Gasteiger partial charge in [-0.2, -0.15) is 0 Å². The van der Waals surface area contributed by atoms with Crippen molar-refractivity contribution in [1.29, 1.82) is 0 Å². The quantitative estimate of drug-likeness (QED) is 0.673. The van der Waals surface area contributed by atoms with E-state index < -0.39 is 11.6 Å². The minimum Gasteiger partial charge on any atom is -0.462 e. The Kier molecular flexibility index (Phi) is 7.61. The van der Waals surface area contributed by atoms with Crippen LogP contribution in [0.3, 0.4) is 0 Å². The first-order chi connectivity index (χ1) is 13.7. The molecule has 158 valence electrons. The van der Waals surface area contributed by atoms with Crippen molar-refractivity contribution >= 4 is 5.97 Å². The smallest absolute Gasteiger partial charge is 0.347 e. The SMILES string of the molecule is CCN(CC)CCOC(=O)[C@@](O)(c1ccccc1)c1c(C)c(C)c(C)c(C)c1C. The van der Waals surface area contributed by atoms with Gasteiger partial charge in [0.1, 0.15) is 6.61 Å². The van der Waals surface area contributed by atoms with Gasteiger partial charge in [0, 0.05) is 12.1 Å². The first-order valence-electron chi connectivity index (χ1n) is 10.4. The van der Waals surface area contributed by atoms with Crippen molar-refractivity contribution in [3.8, 4) is 0 Å². The number of carbonyl (C=O) groups is 1. The number of aliphatic hydroxyl groups is 1. The van der Waals surface area contributed by atoms with Gasteiger partial charge in [0.25, 0.3) is 0 Å². The Balaban J connectivity index is 2.56. The van der Waals surface area contributed by atoms with Crippen LogP contribution in [-0.2, 0) is 15.1 Å². The van der Waals surface area contributed by atoms with Gasteiger partial charge in [-0.3, -0.25) is 0 Å². The summed E-state index contributed by atoms with van der Waals surface area (Å²) in [5.41, 5.74) is 4.55. The van der Waals surface area contributed by atoms with Crippen LogP contribution in [0.2, 0.25) is 0 Å². The van der Waals surface area contributed by atoms with Gasteiger partial charge in [0.2, 0.25) is 5.60 Å². The highest BCUT2D eigenvalue weighted by atomic mass is 16.5. The third-order valence-electron chi connectivity index (χ3n) is 6.38. The molecule has 4 heteroatoms. The number of carbonyl (C=O) groups excluding carboxylic acids is 1. The highest BCUT2D eigenvalue weighted by molar-refractivity contribution is 5.87. The standard InChI is InChI=1S/C25H35NO3/c1-8-26(9-2)15-16-29-24(27)25(28,22-13-11-10-12-14-22)23-20(6)18(4)17(3)19(5)21(23)7/h10-14,28H,8-9,15-16H2,1-7H3/t25-/m1/s1. The Morgan fingerprint density at radius 2 is 1.38 bits per heavy atom.